The van der Waals surface area contributed by atoms with Gasteiger partial charge in [-0.2, -0.15) is 0 Å². The molecule has 2 aliphatic rings. The summed E-state index contributed by atoms with van der Waals surface area (Å²) >= 11 is 0. The normalized spacial score (nSPS) is 24.6. The van der Waals surface area contributed by atoms with E-state index in [1.165, 1.54) is 6.92 Å². The zero-order valence-electron chi connectivity index (χ0n) is 16.0. The van der Waals surface area contributed by atoms with Crippen LogP contribution in [0.1, 0.15) is 49.4 Å². The molecule has 1 unspecified atom stereocenters. The lowest BCUT2D eigenvalue weighted by Crippen LogP contribution is -2.48. The minimum absolute atomic E-state index is 0.122. The third-order valence-electron chi connectivity index (χ3n) is 5.78. The topological polar surface area (TPSA) is 54.0 Å². The Labute approximate surface area is 149 Å². The molecule has 1 fully saturated rings. The molecule has 0 N–H and O–H groups in total. The first-order valence-electron chi connectivity index (χ1n) is 8.98. The highest BCUT2D eigenvalue weighted by molar-refractivity contribution is 5.72. The smallest absolute Gasteiger partial charge is 0.308 e. The number of fused-ring (bicyclic) bond motifs is 1. The van der Waals surface area contributed by atoms with Crippen LogP contribution in [-0.2, 0) is 20.7 Å². The molecule has 5 nitrogen and oxygen atoms in total. The SMILES string of the molecule is CC(=O)Oc1c(C)c(C)c2c(c1C)CCC(C)([C@H](C)C1OCCO1)O2. The van der Waals surface area contributed by atoms with Crippen molar-refractivity contribution in [2.24, 2.45) is 5.92 Å². The molecule has 0 bridgehead atoms. The van der Waals surface area contributed by atoms with E-state index in [1.54, 1.807) is 0 Å². The second-order valence-corrected chi connectivity index (χ2v) is 7.42. The molecule has 0 saturated carbocycles. The van der Waals surface area contributed by atoms with Gasteiger partial charge in [0.25, 0.3) is 0 Å². The van der Waals surface area contributed by atoms with Gasteiger partial charge in [0.1, 0.15) is 17.1 Å². The van der Waals surface area contributed by atoms with E-state index in [9.17, 15) is 4.79 Å². The monoisotopic (exact) mass is 348 g/mol. The van der Waals surface area contributed by atoms with Crippen molar-refractivity contribution in [2.45, 2.75) is 66.3 Å². The minimum atomic E-state index is -0.353. The lowest BCUT2D eigenvalue weighted by Gasteiger charge is -2.43. The number of ether oxygens (including phenoxy) is 4. The summed E-state index contributed by atoms with van der Waals surface area (Å²) in [5, 5.41) is 0. The van der Waals surface area contributed by atoms with Gasteiger partial charge >= 0.3 is 5.97 Å². The van der Waals surface area contributed by atoms with E-state index >= 15 is 0 Å². The van der Waals surface area contributed by atoms with E-state index in [0.717, 1.165) is 40.8 Å². The molecule has 3 rings (SSSR count). The van der Waals surface area contributed by atoms with Crippen LogP contribution >= 0.6 is 0 Å². The molecular weight excluding hydrogens is 320 g/mol. The molecule has 0 spiro atoms. The van der Waals surface area contributed by atoms with Crippen LogP contribution in [0.4, 0.5) is 0 Å². The summed E-state index contributed by atoms with van der Waals surface area (Å²) in [6, 6.07) is 0. The van der Waals surface area contributed by atoms with Gasteiger partial charge in [-0.15, -0.1) is 0 Å². The number of rotatable bonds is 3. The van der Waals surface area contributed by atoms with Gasteiger partial charge in [0, 0.05) is 18.4 Å². The number of esters is 1. The lowest BCUT2D eigenvalue weighted by molar-refractivity contribution is -0.138. The van der Waals surface area contributed by atoms with E-state index in [1.807, 2.05) is 20.8 Å². The van der Waals surface area contributed by atoms with Crippen molar-refractivity contribution in [3.8, 4) is 11.5 Å². The van der Waals surface area contributed by atoms with Gasteiger partial charge in [-0.1, -0.05) is 6.92 Å². The number of hydrogen-bond donors (Lipinski definition) is 0. The van der Waals surface area contributed by atoms with E-state index in [2.05, 4.69) is 13.8 Å². The molecule has 5 heteroatoms. The molecule has 0 radical (unpaired) electrons. The van der Waals surface area contributed by atoms with Crippen LogP contribution in [0.15, 0.2) is 0 Å². The second kappa shape index (κ2) is 6.61. The standard InChI is InChI=1S/C20H28O5/c1-11-12(2)18-16(13(3)17(11)24-15(5)21)7-8-20(6,25-18)14(4)19-22-9-10-23-19/h14,19H,7-10H2,1-6H3/t14-,20?/m1/s1. The van der Waals surface area contributed by atoms with Crippen molar-refractivity contribution in [1.29, 1.82) is 0 Å². The molecule has 1 aromatic rings. The van der Waals surface area contributed by atoms with Crippen molar-refractivity contribution in [2.75, 3.05) is 13.2 Å². The van der Waals surface area contributed by atoms with Gasteiger partial charge in [-0.25, -0.2) is 0 Å². The summed E-state index contributed by atoms with van der Waals surface area (Å²) in [4.78, 5) is 11.5. The molecule has 1 aromatic carbocycles. The fraction of sp³-hybridized carbons (Fsp3) is 0.650. The average molecular weight is 348 g/mol. The second-order valence-electron chi connectivity index (χ2n) is 7.42. The fourth-order valence-electron chi connectivity index (χ4n) is 3.82. The highest BCUT2D eigenvalue weighted by atomic mass is 16.7. The highest BCUT2D eigenvalue weighted by Crippen LogP contribution is 2.46. The Morgan fingerprint density at radius 3 is 2.40 bits per heavy atom. The summed E-state index contributed by atoms with van der Waals surface area (Å²) in [7, 11) is 0. The summed E-state index contributed by atoms with van der Waals surface area (Å²) < 4.78 is 23.4. The molecule has 2 atom stereocenters. The largest absolute Gasteiger partial charge is 0.486 e. The first-order valence-corrected chi connectivity index (χ1v) is 8.98. The van der Waals surface area contributed by atoms with Crippen LogP contribution in [0.2, 0.25) is 0 Å². The maximum atomic E-state index is 11.5. The molecule has 1 saturated heterocycles. The van der Waals surface area contributed by atoms with Gasteiger partial charge in [0.15, 0.2) is 6.29 Å². The van der Waals surface area contributed by atoms with Crippen molar-refractivity contribution in [3.63, 3.8) is 0 Å². The predicted molar refractivity (Wildman–Crippen MR) is 94.2 cm³/mol. The van der Waals surface area contributed by atoms with Crippen LogP contribution in [0, 0.1) is 26.7 Å². The van der Waals surface area contributed by atoms with Crippen molar-refractivity contribution < 1.29 is 23.7 Å². The van der Waals surface area contributed by atoms with Crippen LogP contribution in [-0.4, -0.2) is 31.1 Å². The molecule has 0 aromatic heterocycles. The zero-order chi connectivity index (χ0) is 18.4. The van der Waals surface area contributed by atoms with E-state index in [0.29, 0.717) is 19.0 Å². The Kier molecular flexibility index (Phi) is 4.82. The number of carbonyl (C=O) groups is 1. The van der Waals surface area contributed by atoms with E-state index in [-0.39, 0.29) is 23.8 Å². The zero-order valence-corrected chi connectivity index (χ0v) is 16.0. The van der Waals surface area contributed by atoms with E-state index < -0.39 is 0 Å². The fourth-order valence-corrected chi connectivity index (χ4v) is 3.82. The molecule has 138 valence electrons. The third-order valence-corrected chi connectivity index (χ3v) is 5.78. The van der Waals surface area contributed by atoms with Gasteiger partial charge in [-0.3, -0.25) is 4.79 Å². The maximum Gasteiger partial charge on any atom is 0.308 e. The molecule has 2 aliphatic heterocycles. The molecule has 25 heavy (non-hydrogen) atoms. The Morgan fingerprint density at radius 1 is 1.16 bits per heavy atom. The number of hydrogen-bond acceptors (Lipinski definition) is 5. The number of benzene rings is 1. The van der Waals surface area contributed by atoms with E-state index in [4.69, 9.17) is 18.9 Å². The van der Waals surface area contributed by atoms with Gasteiger partial charge < -0.3 is 18.9 Å². The van der Waals surface area contributed by atoms with Gasteiger partial charge in [0.05, 0.1) is 13.2 Å². The molecule has 0 aliphatic carbocycles. The summed E-state index contributed by atoms with van der Waals surface area (Å²) in [6.07, 6.45) is 1.53. The first-order chi connectivity index (χ1) is 11.7. The average Bonchev–Trinajstić information content (AvgIpc) is 3.10. The summed E-state index contributed by atoms with van der Waals surface area (Å²) in [6.45, 7) is 13.0. The van der Waals surface area contributed by atoms with Crippen LogP contribution in [0.3, 0.4) is 0 Å². The predicted octanol–water partition coefficient (Wildman–Crippen LogP) is 3.63. The summed E-state index contributed by atoms with van der Waals surface area (Å²) in [5.74, 6) is 1.42. The summed E-state index contributed by atoms with van der Waals surface area (Å²) in [5.41, 5.74) is 3.77. The Balaban J connectivity index is 1.97. The van der Waals surface area contributed by atoms with Crippen LogP contribution in [0.5, 0.6) is 11.5 Å². The lowest BCUT2D eigenvalue weighted by atomic mass is 9.80. The Morgan fingerprint density at radius 2 is 1.80 bits per heavy atom. The third kappa shape index (κ3) is 3.15. The minimum Gasteiger partial charge on any atom is -0.486 e. The van der Waals surface area contributed by atoms with Crippen molar-refractivity contribution in [1.82, 2.24) is 0 Å². The van der Waals surface area contributed by atoms with Gasteiger partial charge in [-0.05, 0) is 57.2 Å². The van der Waals surface area contributed by atoms with Gasteiger partial charge in [0.2, 0.25) is 0 Å². The first kappa shape index (κ1) is 18.2. The molecule has 0 amide bonds. The quantitative estimate of drug-likeness (QED) is 0.617. The van der Waals surface area contributed by atoms with Crippen LogP contribution < -0.4 is 9.47 Å². The van der Waals surface area contributed by atoms with Crippen molar-refractivity contribution >= 4 is 5.97 Å². The highest BCUT2D eigenvalue weighted by Gasteiger charge is 2.44. The number of carbonyl (C=O) groups excluding carboxylic acids is 1. The maximum absolute atomic E-state index is 11.5. The van der Waals surface area contributed by atoms with Crippen LogP contribution in [0.25, 0.3) is 0 Å². The Hall–Kier alpha value is -1.59. The van der Waals surface area contributed by atoms with Crippen molar-refractivity contribution in [3.05, 3.63) is 22.3 Å². The molecule has 2 heterocycles. The molecular formula is C20H28O5. The Bertz CT molecular complexity index is 690.